The van der Waals surface area contributed by atoms with E-state index in [4.69, 9.17) is 16.6 Å². The molecule has 16 heavy (non-hydrogen) atoms. The van der Waals surface area contributed by atoms with Gasteiger partial charge in [-0.15, -0.1) is 0 Å². The van der Waals surface area contributed by atoms with Crippen LogP contribution in [-0.4, -0.2) is 14.8 Å². The molecule has 0 amide bonds. The summed E-state index contributed by atoms with van der Waals surface area (Å²) in [4.78, 5) is 0. The fourth-order valence-corrected chi connectivity index (χ4v) is 1.83. The van der Waals surface area contributed by atoms with E-state index in [9.17, 15) is 0 Å². The molecule has 5 heteroatoms. The van der Waals surface area contributed by atoms with Crippen LogP contribution >= 0.6 is 12.2 Å². The first-order chi connectivity index (χ1) is 7.59. The summed E-state index contributed by atoms with van der Waals surface area (Å²) in [6.07, 6.45) is 1.67. The van der Waals surface area contributed by atoms with Crippen molar-refractivity contribution in [3.63, 3.8) is 0 Å². The topological polar surface area (TPSA) is 46.8 Å². The average molecular weight is 237 g/mol. The number of H-pyrrole nitrogens is 1. The molecule has 1 N–H and O–H groups in total. The number of rotatable bonds is 3. The van der Waals surface area contributed by atoms with Gasteiger partial charge in [-0.3, -0.25) is 9.67 Å². The second-order valence-corrected chi connectivity index (χ2v) is 4.68. The molecule has 0 spiro atoms. The predicted octanol–water partition coefficient (Wildman–Crippen LogP) is 3.17. The van der Waals surface area contributed by atoms with E-state index in [2.05, 4.69) is 24.0 Å². The molecule has 0 aromatic carbocycles. The van der Waals surface area contributed by atoms with Crippen molar-refractivity contribution in [1.29, 1.82) is 0 Å². The van der Waals surface area contributed by atoms with Crippen LogP contribution in [0, 0.1) is 17.6 Å². The van der Waals surface area contributed by atoms with Gasteiger partial charge in [-0.05, 0) is 36.7 Å². The number of aromatic nitrogens is 3. The van der Waals surface area contributed by atoms with Gasteiger partial charge < -0.3 is 4.42 Å². The molecule has 0 atom stereocenters. The zero-order valence-corrected chi connectivity index (χ0v) is 10.5. The molecular formula is C11H15N3OS. The smallest absolute Gasteiger partial charge is 0.198 e. The van der Waals surface area contributed by atoms with Gasteiger partial charge in [0.25, 0.3) is 0 Å². The number of hydrogen-bond acceptors (Lipinski definition) is 3. The van der Waals surface area contributed by atoms with Crippen molar-refractivity contribution in [1.82, 2.24) is 14.8 Å². The fraction of sp³-hybridized carbons (Fsp3) is 0.455. The van der Waals surface area contributed by atoms with Gasteiger partial charge >= 0.3 is 0 Å². The molecule has 4 nitrogen and oxygen atoms in total. The molecule has 0 saturated carbocycles. The maximum atomic E-state index is 5.44. The minimum absolute atomic E-state index is 0.512. The number of aromatic amines is 1. The summed E-state index contributed by atoms with van der Waals surface area (Å²) in [5, 5.41) is 7.04. The van der Waals surface area contributed by atoms with Crippen molar-refractivity contribution < 1.29 is 4.42 Å². The molecule has 2 rings (SSSR count). The van der Waals surface area contributed by atoms with E-state index < -0.39 is 0 Å². The van der Waals surface area contributed by atoms with Crippen LogP contribution in [0.25, 0.3) is 11.6 Å². The first-order valence-corrected chi connectivity index (χ1v) is 5.70. The summed E-state index contributed by atoms with van der Waals surface area (Å²) < 4.78 is 8.05. The number of hydrogen-bond donors (Lipinski definition) is 1. The zero-order chi connectivity index (χ0) is 11.7. The summed E-state index contributed by atoms with van der Waals surface area (Å²) in [7, 11) is 0. The molecule has 86 valence electrons. The van der Waals surface area contributed by atoms with Crippen LogP contribution in [0.15, 0.2) is 16.7 Å². The Morgan fingerprint density at radius 3 is 2.88 bits per heavy atom. The van der Waals surface area contributed by atoms with E-state index in [-0.39, 0.29) is 0 Å². The molecule has 0 unspecified atom stereocenters. The van der Waals surface area contributed by atoms with Crippen LogP contribution in [0.1, 0.15) is 19.4 Å². The van der Waals surface area contributed by atoms with Crippen LogP contribution in [0.3, 0.4) is 0 Å². The van der Waals surface area contributed by atoms with E-state index in [0.29, 0.717) is 10.7 Å². The van der Waals surface area contributed by atoms with Crippen molar-refractivity contribution in [3.8, 4) is 11.6 Å². The molecule has 0 fully saturated rings. The Balaban J connectivity index is 2.50. The third-order valence-corrected chi connectivity index (χ3v) is 2.68. The van der Waals surface area contributed by atoms with Gasteiger partial charge in [-0.1, -0.05) is 13.8 Å². The largest absolute Gasteiger partial charge is 0.461 e. The van der Waals surface area contributed by atoms with Crippen LogP contribution in [0.4, 0.5) is 0 Å². The van der Waals surface area contributed by atoms with Crippen molar-refractivity contribution >= 4 is 12.2 Å². The lowest BCUT2D eigenvalue weighted by Gasteiger charge is -2.08. The number of nitrogens with zero attached hydrogens (tertiary/aromatic N) is 2. The van der Waals surface area contributed by atoms with Gasteiger partial charge in [-0.25, -0.2) is 0 Å². The molecule has 0 bridgehead atoms. The van der Waals surface area contributed by atoms with Crippen molar-refractivity contribution in [3.05, 3.63) is 22.7 Å². The summed E-state index contributed by atoms with van der Waals surface area (Å²) in [6.45, 7) is 7.13. The summed E-state index contributed by atoms with van der Waals surface area (Å²) in [5.41, 5.74) is 1.07. The first kappa shape index (κ1) is 11.1. The molecule has 0 aliphatic heterocycles. The van der Waals surface area contributed by atoms with Gasteiger partial charge in [0, 0.05) is 6.54 Å². The SMILES string of the molecule is Cc1ccoc1-c1n[nH]c(=S)n1CC(C)C. The Hall–Kier alpha value is -1.36. The standard InChI is InChI=1S/C11H15N3OS/c1-7(2)6-14-10(12-13-11(14)16)9-8(3)4-5-15-9/h4-5,7H,6H2,1-3H3,(H,13,16). The van der Waals surface area contributed by atoms with Gasteiger partial charge in [0.15, 0.2) is 16.4 Å². The lowest BCUT2D eigenvalue weighted by atomic mass is 10.2. The van der Waals surface area contributed by atoms with Crippen molar-refractivity contribution in [2.75, 3.05) is 0 Å². The minimum Gasteiger partial charge on any atom is -0.461 e. The maximum absolute atomic E-state index is 5.44. The van der Waals surface area contributed by atoms with E-state index in [1.807, 2.05) is 17.6 Å². The molecule has 2 aromatic heterocycles. The summed E-state index contributed by atoms with van der Waals surface area (Å²) >= 11 is 5.21. The molecule has 0 saturated heterocycles. The second kappa shape index (κ2) is 4.25. The monoisotopic (exact) mass is 237 g/mol. The Kier molecular flexibility index (Phi) is 2.96. The summed E-state index contributed by atoms with van der Waals surface area (Å²) in [5.74, 6) is 2.08. The number of aryl methyl sites for hydroxylation is 1. The normalized spacial score (nSPS) is 11.2. The quantitative estimate of drug-likeness (QED) is 0.834. The summed E-state index contributed by atoms with van der Waals surface area (Å²) in [6, 6.07) is 1.92. The highest BCUT2D eigenvalue weighted by molar-refractivity contribution is 7.71. The molecule has 0 radical (unpaired) electrons. The highest BCUT2D eigenvalue weighted by atomic mass is 32.1. The average Bonchev–Trinajstić information content (AvgIpc) is 2.75. The van der Waals surface area contributed by atoms with Gasteiger partial charge in [0.1, 0.15) is 0 Å². The van der Waals surface area contributed by atoms with Crippen LogP contribution in [0.5, 0.6) is 0 Å². The third kappa shape index (κ3) is 1.95. The Bertz CT molecular complexity index is 535. The maximum Gasteiger partial charge on any atom is 0.198 e. The number of furan rings is 1. The Morgan fingerprint density at radius 2 is 2.31 bits per heavy atom. The molecule has 0 aliphatic rings. The minimum atomic E-state index is 0.512. The molecular weight excluding hydrogens is 222 g/mol. The van der Waals surface area contributed by atoms with Gasteiger partial charge in [-0.2, -0.15) is 5.10 Å². The molecule has 2 aromatic rings. The molecule has 2 heterocycles. The van der Waals surface area contributed by atoms with Crippen LogP contribution in [0.2, 0.25) is 0 Å². The lowest BCUT2D eigenvalue weighted by Crippen LogP contribution is -2.06. The predicted molar refractivity (Wildman–Crippen MR) is 64.7 cm³/mol. The van der Waals surface area contributed by atoms with E-state index in [0.717, 1.165) is 23.7 Å². The van der Waals surface area contributed by atoms with Gasteiger partial charge in [0.2, 0.25) is 0 Å². The zero-order valence-electron chi connectivity index (χ0n) is 9.65. The Labute approximate surface area is 99.3 Å². The van der Waals surface area contributed by atoms with E-state index in [1.165, 1.54) is 0 Å². The Morgan fingerprint density at radius 1 is 1.56 bits per heavy atom. The van der Waals surface area contributed by atoms with E-state index in [1.54, 1.807) is 6.26 Å². The highest BCUT2D eigenvalue weighted by Gasteiger charge is 2.14. The first-order valence-electron chi connectivity index (χ1n) is 5.29. The van der Waals surface area contributed by atoms with Crippen molar-refractivity contribution in [2.24, 2.45) is 5.92 Å². The molecule has 0 aliphatic carbocycles. The highest BCUT2D eigenvalue weighted by Crippen LogP contribution is 2.23. The van der Waals surface area contributed by atoms with Crippen LogP contribution < -0.4 is 0 Å². The second-order valence-electron chi connectivity index (χ2n) is 4.29. The third-order valence-electron chi connectivity index (χ3n) is 2.37. The van der Waals surface area contributed by atoms with Crippen molar-refractivity contribution in [2.45, 2.75) is 27.3 Å². The number of nitrogens with one attached hydrogen (secondary N) is 1. The van der Waals surface area contributed by atoms with Gasteiger partial charge in [0.05, 0.1) is 6.26 Å². The van der Waals surface area contributed by atoms with E-state index >= 15 is 0 Å². The van der Waals surface area contributed by atoms with Crippen LogP contribution in [-0.2, 0) is 6.54 Å². The lowest BCUT2D eigenvalue weighted by molar-refractivity contribution is 0.509. The fourth-order valence-electron chi connectivity index (χ4n) is 1.63.